The highest BCUT2D eigenvalue weighted by Crippen LogP contribution is 2.32. The van der Waals surface area contributed by atoms with Gasteiger partial charge >= 0.3 is 0 Å². The molecule has 0 radical (unpaired) electrons. The zero-order valence-electron chi connectivity index (χ0n) is 12.4. The van der Waals surface area contributed by atoms with Gasteiger partial charge in [0.15, 0.2) is 0 Å². The van der Waals surface area contributed by atoms with Gasteiger partial charge in [-0.15, -0.1) is 0 Å². The Hall–Kier alpha value is -1.68. The monoisotopic (exact) mass is 287 g/mol. The molecule has 21 heavy (non-hydrogen) atoms. The third-order valence-electron chi connectivity index (χ3n) is 4.48. The average molecular weight is 287 g/mol. The average Bonchev–Trinajstić information content (AvgIpc) is 3.16. The highest BCUT2D eigenvalue weighted by atomic mass is 19.1. The van der Waals surface area contributed by atoms with Crippen LogP contribution in [0.15, 0.2) is 43.0 Å². The first-order valence-electron chi connectivity index (χ1n) is 7.77. The number of hydrogen-bond donors (Lipinski definition) is 1. The molecule has 1 N–H and O–H groups in total. The minimum absolute atomic E-state index is 0.175. The summed E-state index contributed by atoms with van der Waals surface area (Å²) >= 11 is 0. The lowest BCUT2D eigenvalue weighted by Crippen LogP contribution is -2.36. The van der Waals surface area contributed by atoms with E-state index in [1.54, 1.807) is 12.1 Å². The van der Waals surface area contributed by atoms with Crippen LogP contribution in [0.2, 0.25) is 0 Å². The quantitative estimate of drug-likeness (QED) is 0.905. The second-order valence-corrected chi connectivity index (χ2v) is 5.79. The lowest BCUT2D eigenvalue weighted by Gasteiger charge is -2.27. The number of halogens is 1. The molecule has 3 unspecified atom stereocenters. The molecule has 3 nitrogen and oxygen atoms in total. The molecule has 1 aromatic carbocycles. The molecule has 112 valence electrons. The fourth-order valence-corrected chi connectivity index (χ4v) is 3.36. The third kappa shape index (κ3) is 3.16. The molecule has 0 saturated heterocycles. The predicted molar refractivity (Wildman–Crippen MR) is 81.5 cm³/mol. The second-order valence-electron chi connectivity index (χ2n) is 5.79. The minimum Gasteiger partial charge on any atom is -0.333 e. The predicted octanol–water partition coefficient (Wildman–Crippen LogP) is 3.86. The van der Waals surface area contributed by atoms with E-state index < -0.39 is 0 Å². The van der Waals surface area contributed by atoms with Crippen LogP contribution in [0.3, 0.4) is 0 Å². The Bertz CT molecular complexity index is 550. The van der Waals surface area contributed by atoms with Crippen molar-refractivity contribution in [3.8, 4) is 0 Å². The summed E-state index contributed by atoms with van der Waals surface area (Å²) in [4.78, 5) is 4.16. The van der Waals surface area contributed by atoms with Gasteiger partial charge in [-0.25, -0.2) is 9.37 Å². The van der Waals surface area contributed by atoms with Crippen molar-refractivity contribution in [2.75, 3.05) is 0 Å². The number of hydrogen-bond acceptors (Lipinski definition) is 2. The number of rotatable bonds is 5. The molecular formula is C17H22FN3. The molecule has 0 spiro atoms. The Kier molecular flexibility index (Phi) is 4.34. The Morgan fingerprint density at radius 1 is 1.33 bits per heavy atom. The molecule has 1 aliphatic carbocycles. The summed E-state index contributed by atoms with van der Waals surface area (Å²) in [5, 5.41) is 3.77. The van der Waals surface area contributed by atoms with Gasteiger partial charge in [0.05, 0.1) is 6.33 Å². The smallest absolute Gasteiger partial charge is 0.123 e. The van der Waals surface area contributed by atoms with Crippen molar-refractivity contribution < 1.29 is 4.39 Å². The van der Waals surface area contributed by atoms with Crippen LogP contribution in [-0.4, -0.2) is 15.6 Å². The zero-order chi connectivity index (χ0) is 14.7. The lowest BCUT2D eigenvalue weighted by molar-refractivity contribution is 0.348. The Balaban J connectivity index is 1.72. The van der Waals surface area contributed by atoms with Gasteiger partial charge in [0.1, 0.15) is 5.82 Å². The molecule has 3 rings (SSSR count). The normalized spacial score (nSPS) is 23.3. The van der Waals surface area contributed by atoms with Gasteiger partial charge < -0.3 is 9.88 Å². The van der Waals surface area contributed by atoms with E-state index in [2.05, 4.69) is 21.8 Å². The first kappa shape index (κ1) is 14.3. The molecule has 4 heteroatoms. The maximum atomic E-state index is 13.1. The fourth-order valence-electron chi connectivity index (χ4n) is 3.36. The van der Waals surface area contributed by atoms with Crippen molar-refractivity contribution in [2.24, 2.45) is 0 Å². The van der Waals surface area contributed by atoms with Crippen LogP contribution in [0.5, 0.6) is 0 Å². The first-order chi connectivity index (χ1) is 10.3. The van der Waals surface area contributed by atoms with Gasteiger partial charge in [-0.2, -0.15) is 0 Å². The lowest BCUT2D eigenvalue weighted by atomic mass is 10.0. The van der Waals surface area contributed by atoms with Gasteiger partial charge in [0, 0.05) is 30.5 Å². The molecule has 2 aromatic rings. The molecular weight excluding hydrogens is 265 g/mol. The Labute approximate surface area is 125 Å². The maximum Gasteiger partial charge on any atom is 0.123 e. The van der Waals surface area contributed by atoms with Crippen molar-refractivity contribution in [3.05, 3.63) is 54.4 Å². The molecule has 0 bridgehead atoms. The minimum atomic E-state index is -0.175. The molecule has 1 fully saturated rings. The van der Waals surface area contributed by atoms with Crippen LogP contribution < -0.4 is 5.32 Å². The third-order valence-corrected chi connectivity index (χ3v) is 4.48. The van der Waals surface area contributed by atoms with Crippen LogP contribution in [0.1, 0.15) is 50.3 Å². The van der Waals surface area contributed by atoms with E-state index >= 15 is 0 Å². The maximum absolute atomic E-state index is 13.1. The molecule has 1 aliphatic rings. The fraction of sp³-hybridized carbons (Fsp3) is 0.471. The second kappa shape index (κ2) is 6.39. The van der Waals surface area contributed by atoms with E-state index in [9.17, 15) is 4.39 Å². The number of imidazole rings is 1. The summed E-state index contributed by atoms with van der Waals surface area (Å²) in [6.45, 7) is 2.17. The highest BCUT2D eigenvalue weighted by Gasteiger charge is 2.29. The summed E-state index contributed by atoms with van der Waals surface area (Å²) in [7, 11) is 0. The van der Waals surface area contributed by atoms with E-state index in [1.165, 1.54) is 19.3 Å². The van der Waals surface area contributed by atoms with Gasteiger partial charge in [0.2, 0.25) is 0 Å². The summed E-state index contributed by atoms with van der Waals surface area (Å²) in [5.41, 5.74) is 1.16. The van der Waals surface area contributed by atoms with Crippen molar-refractivity contribution in [3.63, 3.8) is 0 Å². The van der Waals surface area contributed by atoms with Crippen molar-refractivity contribution in [1.29, 1.82) is 0 Å². The Morgan fingerprint density at radius 3 is 2.81 bits per heavy atom. The largest absolute Gasteiger partial charge is 0.333 e. The SMILES string of the molecule is CCC(NC1CCCC1n1ccnc1)c1ccc(F)cc1. The molecule has 0 amide bonds. The Morgan fingerprint density at radius 2 is 2.14 bits per heavy atom. The van der Waals surface area contributed by atoms with Gasteiger partial charge in [0.25, 0.3) is 0 Å². The van der Waals surface area contributed by atoms with Crippen LogP contribution in [0.4, 0.5) is 4.39 Å². The summed E-state index contributed by atoms with van der Waals surface area (Å²) in [6, 6.07) is 8.06. The van der Waals surface area contributed by atoms with E-state index in [0.29, 0.717) is 12.1 Å². The van der Waals surface area contributed by atoms with Gasteiger partial charge in [-0.05, 0) is 43.4 Å². The molecule has 1 saturated carbocycles. The van der Waals surface area contributed by atoms with Gasteiger partial charge in [-0.1, -0.05) is 19.1 Å². The van der Waals surface area contributed by atoms with Crippen LogP contribution in [-0.2, 0) is 0 Å². The van der Waals surface area contributed by atoms with Crippen LogP contribution in [0, 0.1) is 5.82 Å². The number of benzene rings is 1. The number of nitrogens with zero attached hydrogens (tertiary/aromatic N) is 2. The zero-order valence-corrected chi connectivity index (χ0v) is 12.4. The van der Waals surface area contributed by atoms with Crippen LogP contribution in [0.25, 0.3) is 0 Å². The molecule has 1 heterocycles. The van der Waals surface area contributed by atoms with Crippen molar-refractivity contribution in [1.82, 2.24) is 14.9 Å². The van der Waals surface area contributed by atoms with E-state index in [1.807, 2.05) is 30.9 Å². The van der Waals surface area contributed by atoms with Crippen molar-refractivity contribution in [2.45, 2.75) is 50.7 Å². The van der Waals surface area contributed by atoms with E-state index in [-0.39, 0.29) is 11.9 Å². The summed E-state index contributed by atoms with van der Waals surface area (Å²) in [5.74, 6) is -0.175. The molecule has 3 atom stereocenters. The molecule has 1 aromatic heterocycles. The summed E-state index contributed by atoms with van der Waals surface area (Å²) in [6.07, 6.45) is 10.4. The molecule has 0 aliphatic heterocycles. The van der Waals surface area contributed by atoms with Gasteiger partial charge in [-0.3, -0.25) is 0 Å². The standard InChI is InChI=1S/C17H22FN3/c1-2-15(13-6-8-14(18)9-7-13)20-16-4-3-5-17(16)21-11-10-19-12-21/h6-12,15-17,20H,2-5H2,1H3. The van der Waals surface area contributed by atoms with Crippen molar-refractivity contribution >= 4 is 0 Å². The summed E-state index contributed by atoms with van der Waals surface area (Å²) < 4.78 is 15.3. The van der Waals surface area contributed by atoms with E-state index in [4.69, 9.17) is 0 Å². The highest BCUT2D eigenvalue weighted by molar-refractivity contribution is 5.20. The number of aromatic nitrogens is 2. The van der Waals surface area contributed by atoms with E-state index in [0.717, 1.165) is 12.0 Å². The van der Waals surface area contributed by atoms with Crippen LogP contribution >= 0.6 is 0 Å². The topological polar surface area (TPSA) is 29.9 Å². The first-order valence-corrected chi connectivity index (χ1v) is 7.77. The number of nitrogens with one attached hydrogen (secondary N) is 1.